The summed E-state index contributed by atoms with van der Waals surface area (Å²) in [7, 11) is 0. The number of aryl methyl sites for hydroxylation is 2. The molecule has 0 bridgehead atoms. The molecule has 0 saturated heterocycles. The van der Waals surface area contributed by atoms with Crippen molar-refractivity contribution >= 4 is 17.7 Å². The second-order valence-electron chi connectivity index (χ2n) is 7.57. The molecule has 2 heterocycles. The first kappa shape index (κ1) is 20.4. The van der Waals surface area contributed by atoms with Crippen LogP contribution in [0.4, 0.5) is 0 Å². The zero-order chi connectivity index (χ0) is 20.9. The second kappa shape index (κ2) is 9.30. The van der Waals surface area contributed by atoms with Crippen LogP contribution >= 0.6 is 11.8 Å². The maximum atomic E-state index is 12.3. The van der Waals surface area contributed by atoms with Gasteiger partial charge in [0.05, 0.1) is 12.4 Å². The molecule has 0 spiro atoms. The lowest BCUT2D eigenvalue weighted by atomic mass is 10.1. The summed E-state index contributed by atoms with van der Waals surface area (Å²) in [5.74, 6) is 1.49. The number of pyridine rings is 1. The van der Waals surface area contributed by atoms with Gasteiger partial charge in [-0.15, -0.1) is 10.2 Å². The molecular formula is C22H25N5O2S. The number of nitrogens with zero attached hydrogens (tertiary/aromatic N) is 4. The van der Waals surface area contributed by atoms with E-state index >= 15 is 0 Å². The highest BCUT2D eigenvalue weighted by atomic mass is 32.2. The third-order valence-corrected chi connectivity index (χ3v) is 6.01. The van der Waals surface area contributed by atoms with Crippen molar-refractivity contribution in [3.05, 3.63) is 59.5 Å². The summed E-state index contributed by atoms with van der Waals surface area (Å²) in [5, 5.41) is 11.8. The van der Waals surface area contributed by atoms with Gasteiger partial charge in [-0.25, -0.2) is 4.98 Å². The minimum absolute atomic E-state index is 0.0631. The number of rotatable bonds is 9. The van der Waals surface area contributed by atoms with Crippen molar-refractivity contribution in [1.29, 1.82) is 0 Å². The Morgan fingerprint density at radius 3 is 2.90 bits per heavy atom. The lowest BCUT2D eigenvalue weighted by Crippen LogP contribution is -2.24. The highest BCUT2D eigenvalue weighted by Crippen LogP contribution is 2.29. The number of ether oxygens (including phenoxy) is 1. The quantitative estimate of drug-likeness (QED) is 0.531. The molecule has 1 N–H and O–H groups in total. The normalized spacial score (nSPS) is 13.3. The van der Waals surface area contributed by atoms with Crippen LogP contribution in [-0.2, 0) is 11.3 Å². The van der Waals surface area contributed by atoms with E-state index in [1.807, 2.05) is 22.8 Å². The van der Waals surface area contributed by atoms with Crippen molar-refractivity contribution in [1.82, 2.24) is 25.1 Å². The van der Waals surface area contributed by atoms with E-state index in [1.165, 1.54) is 35.7 Å². The molecule has 2 aromatic heterocycles. The molecule has 3 aromatic rings. The Kier molecular flexibility index (Phi) is 6.32. The van der Waals surface area contributed by atoms with Crippen molar-refractivity contribution in [3.63, 3.8) is 0 Å². The van der Waals surface area contributed by atoms with Gasteiger partial charge in [0.15, 0.2) is 5.16 Å². The van der Waals surface area contributed by atoms with Crippen molar-refractivity contribution in [2.75, 3.05) is 12.4 Å². The topological polar surface area (TPSA) is 81.9 Å². The number of thioether (sulfide) groups is 1. The largest absolute Gasteiger partial charge is 0.477 e. The molecule has 0 unspecified atom stereocenters. The first-order chi connectivity index (χ1) is 14.6. The van der Waals surface area contributed by atoms with Gasteiger partial charge in [-0.05, 0) is 67.5 Å². The maximum Gasteiger partial charge on any atom is 0.230 e. The predicted molar refractivity (Wildman–Crippen MR) is 116 cm³/mol. The Labute approximate surface area is 180 Å². The van der Waals surface area contributed by atoms with Crippen LogP contribution < -0.4 is 10.1 Å². The van der Waals surface area contributed by atoms with E-state index in [-0.39, 0.29) is 11.7 Å². The van der Waals surface area contributed by atoms with E-state index in [2.05, 4.69) is 46.5 Å². The average Bonchev–Trinajstić information content (AvgIpc) is 3.47. The summed E-state index contributed by atoms with van der Waals surface area (Å²) in [5.41, 5.74) is 4.39. The Morgan fingerprint density at radius 1 is 1.23 bits per heavy atom. The lowest BCUT2D eigenvalue weighted by Gasteiger charge is -2.09. The molecule has 4 rings (SSSR count). The van der Waals surface area contributed by atoms with Gasteiger partial charge in [0.25, 0.3) is 0 Å². The molecule has 7 nitrogen and oxygen atoms in total. The summed E-state index contributed by atoms with van der Waals surface area (Å²) in [6.45, 7) is 5.31. The summed E-state index contributed by atoms with van der Waals surface area (Å²) in [4.78, 5) is 16.6. The molecule has 30 heavy (non-hydrogen) atoms. The van der Waals surface area contributed by atoms with Crippen molar-refractivity contribution in [2.24, 2.45) is 5.92 Å². The Balaban J connectivity index is 1.29. The number of carbonyl (C=O) groups excluding carboxylic acids is 1. The minimum Gasteiger partial charge on any atom is -0.477 e. The van der Waals surface area contributed by atoms with E-state index in [4.69, 9.17) is 4.74 Å². The third-order valence-electron chi connectivity index (χ3n) is 5.07. The third kappa shape index (κ3) is 5.38. The zero-order valence-corrected chi connectivity index (χ0v) is 18.0. The first-order valence-corrected chi connectivity index (χ1v) is 11.0. The molecule has 1 saturated carbocycles. The minimum atomic E-state index is -0.0631. The molecule has 1 amide bonds. The van der Waals surface area contributed by atoms with Crippen LogP contribution in [-0.4, -0.2) is 38.0 Å². The zero-order valence-electron chi connectivity index (χ0n) is 17.2. The number of aromatic nitrogens is 4. The van der Waals surface area contributed by atoms with E-state index in [0.717, 1.165) is 17.9 Å². The Morgan fingerprint density at radius 2 is 2.10 bits per heavy atom. The molecule has 0 atom stereocenters. The molecular weight excluding hydrogens is 398 g/mol. The van der Waals surface area contributed by atoms with Crippen LogP contribution in [0.15, 0.2) is 48.0 Å². The summed E-state index contributed by atoms with van der Waals surface area (Å²) in [6.07, 6.45) is 5.87. The van der Waals surface area contributed by atoms with Gasteiger partial charge < -0.3 is 10.1 Å². The number of carbonyl (C=O) groups is 1. The van der Waals surface area contributed by atoms with Crippen LogP contribution in [0.25, 0.3) is 5.69 Å². The van der Waals surface area contributed by atoms with Gasteiger partial charge in [-0.2, -0.15) is 0 Å². The number of hydrogen-bond acceptors (Lipinski definition) is 6. The van der Waals surface area contributed by atoms with Crippen LogP contribution in [0.3, 0.4) is 0 Å². The molecule has 8 heteroatoms. The fourth-order valence-corrected chi connectivity index (χ4v) is 3.64. The van der Waals surface area contributed by atoms with Gasteiger partial charge in [0.1, 0.15) is 6.33 Å². The van der Waals surface area contributed by atoms with Gasteiger partial charge in [0.2, 0.25) is 11.8 Å². The molecule has 1 fully saturated rings. The number of nitrogens with one attached hydrogen (secondary N) is 1. The Bertz CT molecular complexity index is 1030. The molecule has 0 radical (unpaired) electrons. The monoisotopic (exact) mass is 423 g/mol. The van der Waals surface area contributed by atoms with Crippen molar-refractivity contribution in [2.45, 2.75) is 38.4 Å². The first-order valence-electron chi connectivity index (χ1n) is 10.0. The van der Waals surface area contributed by atoms with E-state index < -0.39 is 0 Å². The smallest absolute Gasteiger partial charge is 0.230 e. The summed E-state index contributed by atoms with van der Waals surface area (Å²) in [6, 6.07) is 9.96. The molecule has 1 aromatic carbocycles. The highest BCUT2D eigenvalue weighted by Gasteiger charge is 2.22. The maximum absolute atomic E-state index is 12.3. The van der Waals surface area contributed by atoms with Gasteiger partial charge in [-0.3, -0.25) is 9.36 Å². The molecule has 1 aliphatic carbocycles. The van der Waals surface area contributed by atoms with Gasteiger partial charge in [0, 0.05) is 24.5 Å². The van der Waals surface area contributed by atoms with E-state index in [1.54, 1.807) is 12.5 Å². The van der Waals surface area contributed by atoms with E-state index in [9.17, 15) is 4.79 Å². The summed E-state index contributed by atoms with van der Waals surface area (Å²) < 4.78 is 7.60. The fourth-order valence-electron chi connectivity index (χ4n) is 2.88. The summed E-state index contributed by atoms with van der Waals surface area (Å²) >= 11 is 1.36. The fraction of sp³-hybridized carbons (Fsp3) is 0.364. The molecule has 1 aliphatic rings. The number of benzene rings is 1. The SMILES string of the molecule is Cc1ccc(-n2cnnc2SCC(=O)NCc2ccnc(OCC3CC3)c2)cc1C. The van der Waals surface area contributed by atoms with Crippen molar-refractivity contribution in [3.8, 4) is 11.6 Å². The highest BCUT2D eigenvalue weighted by molar-refractivity contribution is 7.99. The van der Waals surface area contributed by atoms with Gasteiger partial charge in [-0.1, -0.05) is 17.8 Å². The lowest BCUT2D eigenvalue weighted by molar-refractivity contribution is -0.118. The van der Waals surface area contributed by atoms with Crippen LogP contribution in [0, 0.1) is 19.8 Å². The second-order valence-corrected chi connectivity index (χ2v) is 8.52. The van der Waals surface area contributed by atoms with Crippen molar-refractivity contribution < 1.29 is 9.53 Å². The number of hydrogen-bond donors (Lipinski definition) is 1. The average molecular weight is 424 g/mol. The standard InChI is InChI=1S/C22H25N5O2S/c1-15-3-6-19(9-16(15)2)27-14-25-26-22(27)30-13-20(28)24-11-18-7-8-23-21(10-18)29-12-17-4-5-17/h3,6-10,14,17H,4-5,11-13H2,1-2H3,(H,24,28). The van der Waals surface area contributed by atoms with Crippen LogP contribution in [0.2, 0.25) is 0 Å². The predicted octanol–water partition coefficient (Wildman–Crippen LogP) is 3.48. The number of amides is 1. The van der Waals surface area contributed by atoms with Crippen LogP contribution in [0.1, 0.15) is 29.5 Å². The van der Waals surface area contributed by atoms with E-state index in [0.29, 0.717) is 23.5 Å². The molecule has 156 valence electrons. The molecule has 0 aliphatic heterocycles. The van der Waals surface area contributed by atoms with Gasteiger partial charge >= 0.3 is 0 Å². The Hall–Kier alpha value is -2.87. The van der Waals surface area contributed by atoms with Crippen LogP contribution in [0.5, 0.6) is 5.88 Å².